The molecule has 20 heteroatoms. The Labute approximate surface area is 470 Å². The molecule has 80 heavy (non-hydrogen) atoms. The van der Waals surface area contributed by atoms with E-state index >= 15 is 0 Å². The number of urea groups is 1. The Morgan fingerprint density at radius 3 is 2.09 bits per heavy atom. The highest BCUT2D eigenvalue weighted by Crippen LogP contribution is 2.35. The van der Waals surface area contributed by atoms with Gasteiger partial charge in [-0.15, -0.1) is 0 Å². The van der Waals surface area contributed by atoms with Crippen LogP contribution in [0.25, 0.3) is 11.0 Å². The first-order valence-electron chi connectivity index (χ1n) is 26.9. The SMILES string of the molecule is Cc1ccc(C(=O)N(CCCNC(=O)OCc2ccc(NC(=O)C(CCCNC(N)=O)NC(=O)C(NC(=O)CCCCCN3C(=O)C=CC3=O)C(C)C)cc2)C(c2oc3cc(Cl)ccc3c(=O)c2Cc2ccccc2)C(C)C)cc1. The number of imide groups is 1. The minimum absolute atomic E-state index is 0.104. The van der Waals surface area contributed by atoms with Crippen LogP contribution in [0.4, 0.5) is 15.3 Å². The third-order valence-corrected chi connectivity index (χ3v) is 13.7. The topological polar surface area (TPSA) is 269 Å². The summed E-state index contributed by atoms with van der Waals surface area (Å²) in [4.78, 5) is 120. The number of ether oxygens (including phenoxy) is 1. The van der Waals surface area contributed by atoms with E-state index in [1.54, 1.807) is 73.3 Å². The number of benzene rings is 4. The van der Waals surface area contributed by atoms with Crippen LogP contribution in [-0.4, -0.2) is 95.6 Å². The number of carbonyl (C=O) groups excluding carboxylic acids is 8. The van der Waals surface area contributed by atoms with E-state index in [2.05, 4.69) is 26.6 Å². The zero-order chi connectivity index (χ0) is 57.9. The number of rotatable bonds is 28. The monoisotopic (exact) mass is 1110 g/mol. The summed E-state index contributed by atoms with van der Waals surface area (Å²) in [7, 11) is 0. The summed E-state index contributed by atoms with van der Waals surface area (Å²) in [5, 5.41) is 14.3. The molecule has 19 nitrogen and oxygen atoms in total. The predicted molar refractivity (Wildman–Crippen MR) is 304 cm³/mol. The summed E-state index contributed by atoms with van der Waals surface area (Å²) in [6.07, 6.45) is 4.36. The number of carbonyl (C=O) groups is 8. The molecule has 0 spiro atoms. The molecule has 4 aromatic carbocycles. The molecule has 1 aliphatic heterocycles. The molecule has 0 aliphatic carbocycles. The van der Waals surface area contributed by atoms with Gasteiger partial charge in [0.05, 0.1) is 11.4 Å². The first kappa shape index (κ1) is 60.9. The van der Waals surface area contributed by atoms with Crippen LogP contribution in [0.2, 0.25) is 5.02 Å². The molecule has 0 radical (unpaired) electrons. The van der Waals surface area contributed by atoms with Crippen molar-refractivity contribution in [3.8, 4) is 0 Å². The van der Waals surface area contributed by atoms with Gasteiger partial charge in [-0.1, -0.05) is 106 Å². The van der Waals surface area contributed by atoms with Crippen molar-refractivity contribution in [1.29, 1.82) is 0 Å². The van der Waals surface area contributed by atoms with Crippen LogP contribution in [0.1, 0.15) is 117 Å². The van der Waals surface area contributed by atoms with E-state index in [-0.39, 0.29) is 99.4 Å². The number of primary amides is 1. The Morgan fingerprint density at radius 2 is 1.43 bits per heavy atom. The van der Waals surface area contributed by atoms with Gasteiger partial charge in [0.2, 0.25) is 17.7 Å². The summed E-state index contributed by atoms with van der Waals surface area (Å²) in [6, 6.07) is 24.8. The van der Waals surface area contributed by atoms with Crippen molar-refractivity contribution in [3.63, 3.8) is 0 Å². The standard InChI is InChI=1S/C60H71ClN8O11/c1-37(2)52(67-49(70)17-10-7-11-32-68-50(71)28-29-51(68)72)57(75)66-47(16-12-30-63-59(62)77)56(74)65-44-25-20-41(21-26-44)36-79-60(78)64-31-13-33-69(58(76)42-22-18-39(5)19-23-42)53(38(3)4)55-46(34-40-14-8-6-9-15-40)54(73)45-27-24-43(61)35-48(45)80-55/h6,8-9,14-15,18-29,35,37-38,47,52-53H,7,10-13,16-17,30-34,36H2,1-5H3,(H,64,78)(H,65,74)(H,66,75)(H,67,70)(H3,62,63,77). The predicted octanol–water partition coefficient (Wildman–Crippen LogP) is 8.00. The Hall–Kier alpha value is -8.32. The molecule has 0 saturated heterocycles. The maximum absolute atomic E-state index is 14.6. The molecule has 0 bridgehead atoms. The Bertz CT molecular complexity index is 3070. The maximum atomic E-state index is 14.6. The zero-order valence-electron chi connectivity index (χ0n) is 45.8. The number of aryl methyl sites for hydroxylation is 1. The number of nitrogens with zero attached hydrogens (tertiary/aromatic N) is 2. The lowest BCUT2D eigenvalue weighted by Gasteiger charge is -2.35. The van der Waals surface area contributed by atoms with Crippen molar-refractivity contribution in [3.05, 3.63) is 158 Å². The molecular weight excluding hydrogens is 1040 g/mol. The third-order valence-electron chi connectivity index (χ3n) is 13.5. The number of anilines is 1. The summed E-state index contributed by atoms with van der Waals surface area (Å²) in [5.41, 5.74) is 9.04. The van der Waals surface area contributed by atoms with E-state index in [0.717, 1.165) is 16.0 Å². The van der Waals surface area contributed by atoms with Crippen LogP contribution >= 0.6 is 11.6 Å². The number of nitrogens with one attached hydrogen (secondary N) is 5. The van der Waals surface area contributed by atoms with Gasteiger partial charge in [-0.25, -0.2) is 9.59 Å². The molecule has 9 amide bonds. The molecule has 0 saturated carbocycles. The molecule has 7 N–H and O–H groups in total. The van der Waals surface area contributed by atoms with Crippen molar-refractivity contribution in [2.24, 2.45) is 17.6 Å². The average Bonchev–Trinajstić information content (AvgIpc) is 3.83. The smallest absolute Gasteiger partial charge is 0.407 e. The minimum atomic E-state index is -1.08. The normalized spacial score (nSPS) is 13.2. The van der Waals surface area contributed by atoms with Gasteiger partial charge >= 0.3 is 12.1 Å². The zero-order valence-corrected chi connectivity index (χ0v) is 46.6. The van der Waals surface area contributed by atoms with Crippen LogP contribution < -0.4 is 37.7 Å². The Morgan fingerprint density at radius 1 is 0.738 bits per heavy atom. The third kappa shape index (κ3) is 17.6. The summed E-state index contributed by atoms with van der Waals surface area (Å²) >= 11 is 6.40. The van der Waals surface area contributed by atoms with Crippen molar-refractivity contribution in [2.45, 2.75) is 111 Å². The van der Waals surface area contributed by atoms with E-state index in [9.17, 15) is 43.2 Å². The van der Waals surface area contributed by atoms with Gasteiger partial charge in [0, 0.05) is 79.1 Å². The molecule has 3 atom stereocenters. The highest BCUT2D eigenvalue weighted by molar-refractivity contribution is 6.31. The van der Waals surface area contributed by atoms with Gasteiger partial charge < -0.3 is 46.4 Å². The molecule has 2 heterocycles. The number of hydrogen-bond donors (Lipinski definition) is 6. The molecule has 0 fully saturated rings. The Kier molecular flexibility index (Phi) is 22.5. The fourth-order valence-corrected chi connectivity index (χ4v) is 9.39. The number of hydrogen-bond acceptors (Lipinski definition) is 11. The van der Waals surface area contributed by atoms with Crippen LogP contribution in [0.3, 0.4) is 0 Å². The van der Waals surface area contributed by atoms with E-state index in [0.29, 0.717) is 69.8 Å². The second kappa shape index (κ2) is 29.6. The van der Waals surface area contributed by atoms with E-state index in [1.807, 2.05) is 63.2 Å². The maximum Gasteiger partial charge on any atom is 0.407 e. The lowest BCUT2D eigenvalue weighted by molar-refractivity contribution is -0.137. The van der Waals surface area contributed by atoms with Gasteiger partial charge in [0.25, 0.3) is 17.7 Å². The summed E-state index contributed by atoms with van der Waals surface area (Å²) in [6.45, 7) is 9.95. The average molecular weight is 1120 g/mol. The fourth-order valence-electron chi connectivity index (χ4n) is 9.23. The van der Waals surface area contributed by atoms with Crippen LogP contribution in [0, 0.1) is 18.8 Å². The molecule has 3 unspecified atom stereocenters. The molecule has 1 aromatic heterocycles. The fraction of sp³-hybridized carbons (Fsp3) is 0.383. The van der Waals surface area contributed by atoms with Gasteiger partial charge in [-0.3, -0.25) is 38.5 Å². The molecular formula is C60H71ClN8O11. The van der Waals surface area contributed by atoms with E-state index in [4.69, 9.17) is 26.5 Å². The van der Waals surface area contributed by atoms with Gasteiger partial charge in [0.15, 0.2) is 5.43 Å². The molecule has 5 aromatic rings. The first-order chi connectivity index (χ1) is 38.3. The Balaban J connectivity index is 1.05. The van der Waals surface area contributed by atoms with E-state index < -0.39 is 42.1 Å². The summed E-state index contributed by atoms with van der Waals surface area (Å²) in [5.74, 6) is -2.75. The second-order valence-electron chi connectivity index (χ2n) is 20.4. The van der Waals surface area contributed by atoms with Crippen molar-refractivity contribution in [2.75, 3.05) is 31.5 Å². The van der Waals surface area contributed by atoms with Gasteiger partial charge in [0.1, 0.15) is 30.0 Å². The van der Waals surface area contributed by atoms with Gasteiger partial charge in [-0.05, 0) is 98.4 Å². The largest absolute Gasteiger partial charge is 0.458 e. The van der Waals surface area contributed by atoms with Crippen LogP contribution in [-0.2, 0) is 41.7 Å². The van der Waals surface area contributed by atoms with Crippen LogP contribution in [0.5, 0.6) is 0 Å². The number of halogens is 1. The highest BCUT2D eigenvalue weighted by atomic mass is 35.5. The number of amides is 9. The lowest BCUT2D eigenvalue weighted by atomic mass is 9.91. The van der Waals surface area contributed by atoms with Crippen molar-refractivity contribution < 1.29 is 47.5 Å². The van der Waals surface area contributed by atoms with E-state index in [1.165, 1.54) is 12.2 Å². The second-order valence-corrected chi connectivity index (χ2v) is 20.9. The highest BCUT2D eigenvalue weighted by Gasteiger charge is 2.35. The first-order valence-corrected chi connectivity index (χ1v) is 27.3. The van der Waals surface area contributed by atoms with Crippen molar-refractivity contribution in [1.82, 2.24) is 31.1 Å². The lowest BCUT2D eigenvalue weighted by Crippen LogP contribution is -2.54. The molecule has 424 valence electrons. The summed E-state index contributed by atoms with van der Waals surface area (Å²) < 4.78 is 12.2. The minimum Gasteiger partial charge on any atom is -0.458 e. The molecule has 6 rings (SSSR count). The van der Waals surface area contributed by atoms with Crippen molar-refractivity contribution >= 4 is 75.8 Å². The van der Waals surface area contributed by atoms with Gasteiger partial charge in [-0.2, -0.15) is 0 Å². The van der Waals surface area contributed by atoms with Crippen LogP contribution in [0.15, 0.2) is 118 Å². The number of fused-ring (bicyclic) bond motifs is 1. The quantitative estimate of drug-likeness (QED) is 0.0206. The molecule has 1 aliphatic rings. The number of nitrogens with two attached hydrogens (primary N) is 1. The number of alkyl carbamates (subject to hydrolysis) is 1. The number of unbranched alkanes of at least 4 members (excludes halogenated alkanes) is 2.